The number of carbonyl (C=O) groups excluding carboxylic acids is 3. The van der Waals surface area contributed by atoms with Crippen LogP contribution in [0.5, 0.6) is 0 Å². The molecule has 0 aliphatic carbocycles. The lowest BCUT2D eigenvalue weighted by atomic mass is 10.1. The molecule has 0 fully saturated rings. The van der Waals surface area contributed by atoms with Crippen molar-refractivity contribution in [1.82, 2.24) is 8.87 Å². The van der Waals surface area contributed by atoms with Crippen molar-refractivity contribution in [2.24, 2.45) is 0 Å². The zero-order valence-corrected chi connectivity index (χ0v) is 20.9. The number of hydrogen-bond acceptors (Lipinski definition) is 7. The summed E-state index contributed by atoms with van der Waals surface area (Å²) in [7, 11) is 0.373. The number of nitrogens with zero attached hydrogens (tertiary/aromatic N) is 2. The van der Waals surface area contributed by atoms with E-state index in [0.717, 1.165) is 15.7 Å². The van der Waals surface area contributed by atoms with Gasteiger partial charge in [0.25, 0.3) is 0 Å². The SMILES string of the molecule is COC(=O)c1ccc(-n2c(C)cc(C(=O)COC(=O)c3cccc(S(=O)(=O)N(C)C)c3)c2C)cc1. The van der Waals surface area contributed by atoms with Crippen LogP contribution in [0.3, 0.4) is 0 Å². The Labute approximate surface area is 203 Å². The van der Waals surface area contributed by atoms with Crippen molar-refractivity contribution in [1.29, 1.82) is 0 Å². The maximum atomic E-state index is 12.8. The van der Waals surface area contributed by atoms with Crippen LogP contribution in [-0.2, 0) is 19.5 Å². The number of aromatic nitrogens is 1. The lowest BCUT2D eigenvalue weighted by molar-refractivity contribution is 0.0474. The first-order valence-electron chi connectivity index (χ1n) is 10.6. The summed E-state index contributed by atoms with van der Waals surface area (Å²) in [6.07, 6.45) is 0. The van der Waals surface area contributed by atoms with Crippen LogP contribution < -0.4 is 0 Å². The number of ketones is 1. The predicted molar refractivity (Wildman–Crippen MR) is 129 cm³/mol. The molecule has 0 N–H and O–H groups in total. The highest BCUT2D eigenvalue weighted by Crippen LogP contribution is 2.22. The van der Waals surface area contributed by atoms with Crippen LogP contribution in [0.1, 0.15) is 42.5 Å². The van der Waals surface area contributed by atoms with Crippen LogP contribution >= 0.6 is 0 Å². The third kappa shape index (κ3) is 5.33. The van der Waals surface area contributed by atoms with Gasteiger partial charge in [0, 0.05) is 36.7 Å². The quantitative estimate of drug-likeness (QED) is 0.346. The fourth-order valence-electron chi connectivity index (χ4n) is 3.59. The maximum Gasteiger partial charge on any atom is 0.338 e. The highest BCUT2D eigenvalue weighted by molar-refractivity contribution is 7.89. The van der Waals surface area contributed by atoms with Crippen LogP contribution in [0.15, 0.2) is 59.5 Å². The number of Topliss-reactive ketones (excluding diaryl/α,β-unsaturated/α-hetero) is 1. The number of sulfonamides is 1. The van der Waals surface area contributed by atoms with Gasteiger partial charge in [-0.1, -0.05) is 6.07 Å². The summed E-state index contributed by atoms with van der Waals surface area (Å²) in [5.41, 5.74) is 3.00. The van der Waals surface area contributed by atoms with E-state index in [0.29, 0.717) is 16.8 Å². The van der Waals surface area contributed by atoms with Gasteiger partial charge in [-0.3, -0.25) is 4.79 Å². The molecule has 35 heavy (non-hydrogen) atoms. The van der Waals surface area contributed by atoms with E-state index in [1.807, 2.05) is 11.5 Å². The van der Waals surface area contributed by atoms with Gasteiger partial charge in [0.1, 0.15) is 0 Å². The van der Waals surface area contributed by atoms with Crippen molar-refractivity contribution in [3.05, 3.63) is 82.7 Å². The van der Waals surface area contributed by atoms with Crippen molar-refractivity contribution in [3.63, 3.8) is 0 Å². The zero-order chi connectivity index (χ0) is 25.9. The molecule has 184 valence electrons. The summed E-state index contributed by atoms with van der Waals surface area (Å²) >= 11 is 0. The fourth-order valence-corrected chi connectivity index (χ4v) is 4.54. The van der Waals surface area contributed by atoms with Crippen molar-refractivity contribution >= 4 is 27.7 Å². The first kappa shape index (κ1) is 25.9. The number of methoxy groups -OCH3 is 1. The van der Waals surface area contributed by atoms with Crippen LogP contribution in [-0.4, -0.2) is 62.8 Å². The zero-order valence-electron chi connectivity index (χ0n) is 20.1. The minimum Gasteiger partial charge on any atom is -0.465 e. The van der Waals surface area contributed by atoms with E-state index < -0.39 is 34.4 Å². The molecule has 0 radical (unpaired) electrons. The Bertz CT molecular complexity index is 1390. The topological polar surface area (TPSA) is 112 Å². The molecule has 0 spiro atoms. The van der Waals surface area contributed by atoms with Crippen molar-refractivity contribution < 1.29 is 32.3 Å². The lowest BCUT2D eigenvalue weighted by Crippen LogP contribution is -2.22. The van der Waals surface area contributed by atoms with Gasteiger partial charge < -0.3 is 14.0 Å². The number of aryl methyl sites for hydroxylation is 1. The number of benzene rings is 2. The molecule has 0 bridgehead atoms. The second-order valence-corrected chi connectivity index (χ2v) is 10.1. The third-order valence-electron chi connectivity index (χ3n) is 5.46. The number of rotatable bonds is 8. The second-order valence-electron chi connectivity index (χ2n) is 7.97. The summed E-state index contributed by atoms with van der Waals surface area (Å²) in [4.78, 5) is 37.0. The van der Waals surface area contributed by atoms with Gasteiger partial charge in [-0.15, -0.1) is 0 Å². The molecule has 0 unspecified atom stereocenters. The van der Waals surface area contributed by atoms with Crippen molar-refractivity contribution in [3.8, 4) is 5.69 Å². The molecule has 0 aliphatic rings. The molecule has 1 aromatic heterocycles. The first-order chi connectivity index (χ1) is 16.5. The van der Waals surface area contributed by atoms with Gasteiger partial charge in [-0.05, 0) is 62.4 Å². The molecular formula is C25H26N2O7S. The Kier molecular flexibility index (Phi) is 7.57. The molecule has 9 nitrogen and oxygen atoms in total. The van der Waals surface area contributed by atoms with Crippen molar-refractivity contribution in [2.75, 3.05) is 27.8 Å². The van der Waals surface area contributed by atoms with E-state index in [-0.39, 0.29) is 10.5 Å². The van der Waals surface area contributed by atoms with E-state index in [1.165, 1.54) is 45.5 Å². The molecule has 0 saturated heterocycles. The van der Waals surface area contributed by atoms with Gasteiger partial charge in [0.05, 0.1) is 23.1 Å². The van der Waals surface area contributed by atoms with Gasteiger partial charge in [-0.2, -0.15) is 0 Å². The fraction of sp³-hybridized carbons (Fsp3) is 0.240. The highest BCUT2D eigenvalue weighted by Gasteiger charge is 2.21. The summed E-state index contributed by atoms with van der Waals surface area (Å²) < 4.78 is 37.4. The molecule has 0 saturated carbocycles. The summed E-state index contributed by atoms with van der Waals surface area (Å²) in [6, 6.07) is 13.9. The van der Waals surface area contributed by atoms with E-state index in [1.54, 1.807) is 37.3 Å². The number of carbonyl (C=O) groups is 3. The molecule has 10 heteroatoms. The minimum atomic E-state index is -3.72. The van der Waals surface area contributed by atoms with Crippen LogP contribution in [0.25, 0.3) is 5.69 Å². The average Bonchev–Trinajstić information content (AvgIpc) is 3.15. The highest BCUT2D eigenvalue weighted by atomic mass is 32.2. The molecule has 0 amide bonds. The average molecular weight is 499 g/mol. The number of hydrogen-bond donors (Lipinski definition) is 0. The Balaban J connectivity index is 1.76. The molecule has 1 heterocycles. The number of ether oxygens (including phenoxy) is 2. The molecule has 0 atom stereocenters. The smallest absolute Gasteiger partial charge is 0.338 e. The van der Waals surface area contributed by atoms with Gasteiger partial charge in [0.15, 0.2) is 6.61 Å². The monoisotopic (exact) mass is 498 g/mol. The lowest BCUT2D eigenvalue weighted by Gasteiger charge is -2.12. The second kappa shape index (κ2) is 10.2. The van der Waals surface area contributed by atoms with E-state index in [4.69, 9.17) is 9.47 Å². The van der Waals surface area contributed by atoms with Crippen LogP contribution in [0.2, 0.25) is 0 Å². The van der Waals surface area contributed by atoms with Gasteiger partial charge in [0.2, 0.25) is 15.8 Å². The van der Waals surface area contributed by atoms with Gasteiger partial charge >= 0.3 is 11.9 Å². The maximum absolute atomic E-state index is 12.8. The van der Waals surface area contributed by atoms with E-state index in [2.05, 4.69) is 0 Å². The molecule has 0 aliphatic heterocycles. The summed E-state index contributed by atoms with van der Waals surface area (Å²) in [6.45, 7) is 3.10. The Morgan fingerprint density at radius 3 is 2.17 bits per heavy atom. The number of esters is 2. The van der Waals surface area contributed by atoms with Gasteiger partial charge in [-0.25, -0.2) is 22.3 Å². The van der Waals surface area contributed by atoms with Crippen molar-refractivity contribution in [2.45, 2.75) is 18.7 Å². The van der Waals surface area contributed by atoms with E-state index in [9.17, 15) is 22.8 Å². The predicted octanol–water partition coefficient (Wildman–Crippen LogP) is 3.17. The van der Waals surface area contributed by atoms with Crippen LogP contribution in [0.4, 0.5) is 0 Å². The summed E-state index contributed by atoms with van der Waals surface area (Å²) in [5, 5.41) is 0. The largest absolute Gasteiger partial charge is 0.465 e. The Morgan fingerprint density at radius 2 is 1.57 bits per heavy atom. The molecule has 2 aromatic carbocycles. The Morgan fingerprint density at radius 1 is 0.914 bits per heavy atom. The summed E-state index contributed by atoms with van der Waals surface area (Å²) in [5.74, 6) is -1.65. The minimum absolute atomic E-state index is 0.0249. The molecule has 3 aromatic rings. The Hall–Kier alpha value is -3.76. The van der Waals surface area contributed by atoms with Crippen LogP contribution in [0, 0.1) is 13.8 Å². The molecular weight excluding hydrogens is 472 g/mol. The van der Waals surface area contributed by atoms with E-state index >= 15 is 0 Å². The normalized spacial score (nSPS) is 11.4. The first-order valence-corrected chi connectivity index (χ1v) is 12.0. The third-order valence-corrected chi connectivity index (χ3v) is 7.27. The molecule has 3 rings (SSSR count). The standard InChI is InChI=1S/C25H26N2O7S/c1-16-13-22(17(2)27(16)20-11-9-18(10-12-20)24(29)33-5)23(28)15-34-25(30)19-7-6-8-21(14-19)35(31,32)26(3)4/h6-14H,15H2,1-5H3.